The molecule has 0 radical (unpaired) electrons. The van der Waals surface area contributed by atoms with Gasteiger partial charge < -0.3 is 15.3 Å². The molecule has 6 heteroatoms. The van der Waals surface area contributed by atoms with Gasteiger partial charge in [-0.05, 0) is 29.5 Å². The van der Waals surface area contributed by atoms with Crippen molar-refractivity contribution in [2.45, 2.75) is 26.7 Å². The number of anilines is 1. The number of hydrogen-bond acceptors (Lipinski definition) is 5. The number of H-pyrrole nitrogens is 1. The van der Waals surface area contributed by atoms with Crippen molar-refractivity contribution in [2.75, 3.05) is 18.0 Å². The fraction of sp³-hybridized carbons (Fsp3) is 0.304. The number of aromatic nitrogens is 3. The van der Waals surface area contributed by atoms with Crippen molar-refractivity contribution in [3.8, 4) is 0 Å². The van der Waals surface area contributed by atoms with Gasteiger partial charge in [-0.25, -0.2) is 15.0 Å². The standard InChI is InChI=1S/C23H26N6/c1-23(2)11-14-29(16-23)21-10-6-9-20(28-21)27-19(22-25-12-13-26-22)15-18(24)17-7-4-3-5-8-17/h3-10,12-13,24H,11,14-16H2,1-2H3,(H,25,26). The number of pyridine rings is 1. The molecule has 4 rings (SSSR count). The number of nitrogens with one attached hydrogen (secondary N) is 2. The van der Waals surface area contributed by atoms with Crippen LogP contribution in [0.5, 0.6) is 0 Å². The van der Waals surface area contributed by atoms with Crippen molar-refractivity contribution in [3.05, 3.63) is 72.3 Å². The molecule has 1 fully saturated rings. The first kappa shape index (κ1) is 19.1. The maximum absolute atomic E-state index is 8.50. The Hall–Kier alpha value is -3.28. The Balaban J connectivity index is 1.62. The summed E-state index contributed by atoms with van der Waals surface area (Å²) >= 11 is 0. The van der Waals surface area contributed by atoms with Crippen molar-refractivity contribution in [3.63, 3.8) is 0 Å². The third-order valence-corrected chi connectivity index (χ3v) is 5.21. The molecule has 2 N–H and O–H groups in total. The van der Waals surface area contributed by atoms with Crippen molar-refractivity contribution >= 4 is 23.1 Å². The van der Waals surface area contributed by atoms with E-state index in [1.165, 1.54) is 0 Å². The van der Waals surface area contributed by atoms with E-state index in [9.17, 15) is 0 Å². The minimum absolute atomic E-state index is 0.311. The van der Waals surface area contributed by atoms with Gasteiger partial charge in [0.25, 0.3) is 0 Å². The Morgan fingerprint density at radius 3 is 2.69 bits per heavy atom. The average molecular weight is 387 g/mol. The Bertz CT molecular complexity index is 1000. The fourth-order valence-electron chi connectivity index (χ4n) is 3.60. The van der Waals surface area contributed by atoms with Crippen molar-refractivity contribution in [1.82, 2.24) is 15.0 Å². The third kappa shape index (κ3) is 4.59. The minimum Gasteiger partial charge on any atom is -0.356 e. The summed E-state index contributed by atoms with van der Waals surface area (Å²) in [6.07, 6.45) is 5.01. The number of benzene rings is 1. The molecule has 0 saturated carbocycles. The van der Waals surface area contributed by atoms with E-state index in [0.29, 0.717) is 34.9 Å². The quantitative estimate of drug-likeness (QED) is 0.607. The lowest BCUT2D eigenvalue weighted by molar-refractivity contribution is 0.418. The normalized spacial score (nSPS) is 16.2. The van der Waals surface area contributed by atoms with E-state index < -0.39 is 0 Å². The van der Waals surface area contributed by atoms with Gasteiger partial charge in [-0.3, -0.25) is 0 Å². The molecule has 0 unspecified atom stereocenters. The molecule has 1 aliphatic heterocycles. The lowest BCUT2D eigenvalue weighted by Crippen LogP contribution is -2.23. The minimum atomic E-state index is 0.311. The second-order valence-electron chi connectivity index (χ2n) is 8.21. The number of aliphatic imine (C=N–C) groups is 1. The van der Waals surface area contributed by atoms with Gasteiger partial charge in [0.15, 0.2) is 11.6 Å². The van der Waals surface area contributed by atoms with Gasteiger partial charge in [0, 0.05) is 37.6 Å². The fourth-order valence-corrected chi connectivity index (χ4v) is 3.60. The number of nitrogens with zero attached hydrogens (tertiary/aromatic N) is 4. The van der Waals surface area contributed by atoms with Gasteiger partial charge >= 0.3 is 0 Å². The van der Waals surface area contributed by atoms with Crippen LogP contribution >= 0.6 is 0 Å². The maximum atomic E-state index is 8.50. The zero-order chi connectivity index (χ0) is 20.3. The Morgan fingerprint density at radius 1 is 1.17 bits per heavy atom. The second-order valence-corrected chi connectivity index (χ2v) is 8.21. The SMILES string of the molecule is CC1(C)CCN(c2cccc(N=C(CC(=N)c3ccccc3)c3ncc[nH]3)n2)C1. The van der Waals surface area contributed by atoms with Crippen LogP contribution < -0.4 is 4.90 Å². The molecule has 0 bridgehead atoms. The second kappa shape index (κ2) is 7.99. The van der Waals surface area contributed by atoms with Crippen LogP contribution in [0.4, 0.5) is 11.6 Å². The van der Waals surface area contributed by atoms with Gasteiger partial charge in [0.1, 0.15) is 5.82 Å². The van der Waals surface area contributed by atoms with Crippen LogP contribution in [0.3, 0.4) is 0 Å². The highest BCUT2D eigenvalue weighted by Crippen LogP contribution is 2.32. The summed E-state index contributed by atoms with van der Waals surface area (Å²) in [4.78, 5) is 19.3. The highest BCUT2D eigenvalue weighted by molar-refractivity contribution is 6.16. The Morgan fingerprint density at radius 2 is 2.00 bits per heavy atom. The third-order valence-electron chi connectivity index (χ3n) is 5.21. The summed E-state index contributed by atoms with van der Waals surface area (Å²) in [7, 11) is 0. The molecule has 29 heavy (non-hydrogen) atoms. The molecule has 0 aliphatic carbocycles. The zero-order valence-electron chi connectivity index (χ0n) is 16.9. The van der Waals surface area contributed by atoms with Crippen LogP contribution in [0, 0.1) is 10.8 Å². The van der Waals surface area contributed by atoms with Crippen molar-refractivity contribution in [2.24, 2.45) is 10.4 Å². The van der Waals surface area contributed by atoms with Gasteiger partial charge in [-0.15, -0.1) is 0 Å². The van der Waals surface area contributed by atoms with Crippen LogP contribution in [-0.2, 0) is 0 Å². The van der Waals surface area contributed by atoms with E-state index in [4.69, 9.17) is 15.4 Å². The molecule has 0 atom stereocenters. The monoisotopic (exact) mass is 386 g/mol. The zero-order valence-corrected chi connectivity index (χ0v) is 16.9. The summed E-state index contributed by atoms with van der Waals surface area (Å²) < 4.78 is 0. The first-order valence-electron chi connectivity index (χ1n) is 9.92. The molecule has 0 amide bonds. The first-order valence-corrected chi connectivity index (χ1v) is 9.92. The molecule has 148 valence electrons. The predicted molar refractivity (Wildman–Crippen MR) is 118 cm³/mol. The maximum Gasteiger partial charge on any atom is 0.154 e. The molecule has 2 aromatic heterocycles. The average Bonchev–Trinajstić information content (AvgIpc) is 3.38. The molecular weight excluding hydrogens is 360 g/mol. The Kier molecular flexibility index (Phi) is 5.25. The topological polar surface area (TPSA) is 81.0 Å². The lowest BCUT2D eigenvalue weighted by atomic mass is 9.93. The van der Waals surface area contributed by atoms with Gasteiger partial charge in [-0.2, -0.15) is 0 Å². The molecule has 0 spiro atoms. The van der Waals surface area contributed by atoms with Crippen LogP contribution in [0.2, 0.25) is 0 Å². The highest BCUT2D eigenvalue weighted by Gasteiger charge is 2.29. The number of hydrogen-bond donors (Lipinski definition) is 2. The smallest absolute Gasteiger partial charge is 0.154 e. The number of imidazole rings is 1. The molecule has 1 aliphatic rings. The molecular formula is C23H26N6. The summed E-state index contributed by atoms with van der Waals surface area (Å²) in [6, 6.07) is 15.7. The summed E-state index contributed by atoms with van der Waals surface area (Å²) in [5, 5.41) is 8.50. The molecule has 1 saturated heterocycles. The predicted octanol–water partition coefficient (Wildman–Crippen LogP) is 4.62. The van der Waals surface area contributed by atoms with E-state index in [1.807, 2.05) is 48.5 Å². The van der Waals surface area contributed by atoms with Crippen molar-refractivity contribution in [1.29, 1.82) is 5.41 Å². The number of aromatic amines is 1. The molecule has 3 aromatic rings. The summed E-state index contributed by atoms with van der Waals surface area (Å²) in [6.45, 7) is 6.59. The van der Waals surface area contributed by atoms with Gasteiger partial charge in [0.2, 0.25) is 0 Å². The van der Waals surface area contributed by atoms with Crippen molar-refractivity contribution < 1.29 is 0 Å². The lowest BCUT2D eigenvalue weighted by Gasteiger charge is -2.20. The largest absolute Gasteiger partial charge is 0.356 e. The van der Waals surface area contributed by atoms with E-state index in [-0.39, 0.29) is 0 Å². The summed E-state index contributed by atoms with van der Waals surface area (Å²) in [5.41, 5.74) is 2.40. The van der Waals surface area contributed by atoms with Gasteiger partial charge in [0.05, 0.1) is 5.71 Å². The van der Waals surface area contributed by atoms with E-state index in [0.717, 1.165) is 30.9 Å². The van der Waals surface area contributed by atoms with E-state index >= 15 is 0 Å². The van der Waals surface area contributed by atoms with E-state index in [1.54, 1.807) is 12.4 Å². The highest BCUT2D eigenvalue weighted by atomic mass is 15.2. The van der Waals surface area contributed by atoms with E-state index in [2.05, 4.69) is 28.7 Å². The molecule has 6 nitrogen and oxygen atoms in total. The summed E-state index contributed by atoms with van der Waals surface area (Å²) in [5.74, 6) is 2.26. The van der Waals surface area contributed by atoms with Crippen LogP contribution in [0.15, 0.2) is 65.9 Å². The van der Waals surface area contributed by atoms with Gasteiger partial charge in [-0.1, -0.05) is 50.2 Å². The first-order chi connectivity index (χ1) is 14.0. The molecule has 1 aromatic carbocycles. The molecule has 3 heterocycles. The Labute approximate surface area is 171 Å². The number of rotatable bonds is 6. The van der Waals surface area contributed by atoms with Crippen LogP contribution in [0.25, 0.3) is 0 Å². The van der Waals surface area contributed by atoms with Crippen LogP contribution in [0.1, 0.15) is 38.1 Å². The van der Waals surface area contributed by atoms with Crippen LogP contribution in [-0.4, -0.2) is 39.5 Å².